The van der Waals surface area contributed by atoms with E-state index in [4.69, 9.17) is 5.11 Å². The van der Waals surface area contributed by atoms with Crippen molar-refractivity contribution in [1.82, 2.24) is 5.32 Å². The van der Waals surface area contributed by atoms with E-state index in [0.29, 0.717) is 5.56 Å². The maximum atomic E-state index is 12.0. The number of aliphatic carboxylic acids is 1. The van der Waals surface area contributed by atoms with E-state index in [0.717, 1.165) is 10.0 Å². The zero-order chi connectivity index (χ0) is 13.9. The van der Waals surface area contributed by atoms with E-state index in [1.807, 2.05) is 13.0 Å². The molecule has 0 heterocycles. The Hall–Kier alpha value is -1.36. The largest absolute Gasteiger partial charge is 0.480 e. The van der Waals surface area contributed by atoms with Gasteiger partial charge in [-0.05, 0) is 36.6 Å². The normalized spacial score (nSPS) is 12.3. The number of carboxylic acids is 1. The zero-order valence-corrected chi connectivity index (χ0v) is 12.1. The quantitative estimate of drug-likeness (QED) is 0.898. The number of carbonyl (C=O) groups excluding carboxylic acids is 1. The minimum Gasteiger partial charge on any atom is -0.480 e. The molecule has 1 amide bonds. The maximum absolute atomic E-state index is 12.0. The molecule has 0 saturated carbocycles. The predicted octanol–water partition coefficient (Wildman–Crippen LogP) is 2.60. The van der Waals surface area contributed by atoms with Crippen LogP contribution in [0.1, 0.15) is 29.8 Å². The standard InChI is InChI=1S/C13H16BrNO3/c1-7(2)11(13(17)18)15-12(16)10-5-4-9(14)6-8(10)3/h4-7,11H,1-3H3,(H,15,16)(H,17,18)/t11-/m0/s1. The average Bonchev–Trinajstić information content (AvgIpc) is 2.24. The van der Waals surface area contributed by atoms with Crippen molar-refractivity contribution in [1.29, 1.82) is 0 Å². The number of benzene rings is 1. The summed E-state index contributed by atoms with van der Waals surface area (Å²) in [6, 6.07) is 4.38. The van der Waals surface area contributed by atoms with Gasteiger partial charge in [0.05, 0.1) is 0 Å². The number of carbonyl (C=O) groups is 2. The van der Waals surface area contributed by atoms with Crippen molar-refractivity contribution < 1.29 is 14.7 Å². The van der Waals surface area contributed by atoms with Gasteiger partial charge in [-0.1, -0.05) is 29.8 Å². The van der Waals surface area contributed by atoms with Gasteiger partial charge in [0, 0.05) is 10.0 Å². The molecule has 4 nitrogen and oxygen atoms in total. The number of nitrogens with one attached hydrogen (secondary N) is 1. The number of aryl methyl sites for hydroxylation is 1. The van der Waals surface area contributed by atoms with Crippen LogP contribution in [0.2, 0.25) is 0 Å². The summed E-state index contributed by atoms with van der Waals surface area (Å²) in [6.07, 6.45) is 0. The lowest BCUT2D eigenvalue weighted by molar-refractivity contribution is -0.140. The fourth-order valence-corrected chi connectivity index (χ4v) is 2.09. The van der Waals surface area contributed by atoms with Crippen molar-refractivity contribution in [2.75, 3.05) is 0 Å². The van der Waals surface area contributed by atoms with Crippen LogP contribution in [-0.2, 0) is 4.79 Å². The Morgan fingerprint density at radius 3 is 2.39 bits per heavy atom. The first-order valence-electron chi connectivity index (χ1n) is 5.62. The molecule has 2 N–H and O–H groups in total. The highest BCUT2D eigenvalue weighted by atomic mass is 79.9. The van der Waals surface area contributed by atoms with Crippen molar-refractivity contribution >= 4 is 27.8 Å². The minimum atomic E-state index is -1.02. The number of hydrogen-bond acceptors (Lipinski definition) is 2. The van der Waals surface area contributed by atoms with Gasteiger partial charge in [-0.25, -0.2) is 4.79 Å². The third kappa shape index (κ3) is 3.57. The monoisotopic (exact) mass is 313 g/mol. The Morgan fingerprint density at radius 2 is 1.94 bits per heavy atom. The van der Waals surface area contributed by atoms with Gasteiger partial charge in [-0.2, -0.15) is 0 Å². The molecule has 98 valence electrons. The Morgan fingerprint density at radius 1 is 1.33 bits per heavy atom. The first kappa shape index (κ1) is 14.7. The topological polar surface area (TPSA) is 66.4 Å². The second-order valence-electron chi connectivity index (χ2n) is 4.49. The summed E-state index contributed by atoms with van der Waals surface area (Å²) in [5.41, 5.74) is 1.29. The van der Waals surface area contributed by atoms with Crippen molar-refractivity contribution in [3.05, 3.63) is 33.8 Å². The van der Waals surface area contributed by atoms with Crippen LogP contribution in [0.15, 0.2) is 22.7 Å². The number of halogens is 1. The van der Waals surface area contributed by atoms with Crippen molar-refractivity contribution in [2.45, 2.75) is 26.8 Å². The Bertz CT molecular complexity index is 471. The highest BCUT2D eigenvalue weighted by molar-refractivity contribution is 9.10. The molecule has 0 aliphatic rings. The van der Waals surface area contributed by atoms with Crippen LogP contribution in [0.3, 0.4) is 0 Å². The molecule has 5 heteroatoms. The summed E-state index contributed by atoms with van der Waals surface area (Å²) in [5, 5.41) is 11.6. The molecular formula is C13H16BrNO3. The summed E-state index contributed by atoms with van der Waals surface area (Å²) in [6.45, 7) is 5.33. The van der Waals surface area contributed by atoms with E-state index in [9.17, 15) is 9.59 Å². The third-order valence-corrected chi connectivity index (χ3v) is 3.15. The second kappa shape index (κ2) is 6.00. The van der Waals surface area contributed by atoms with Crippen molar-refractivity contribution in [2.24, 2.45) is 5.92 Å². The molecule has 18 heavy (non-hydrogen) atoms. The lowest BCUT2D eigenvalue weighted by Gasteiger charge is -2.18. The molecular weight excluding hydrogens is 298 g/mol. The second-order valence-corrected chi connectivity index (χ2v) is 5.41. The van der Waals surface area contributed by atoms with E-state index in [1.54, 1.807) is 26.0 Å². The van der Waals surface area contributed by atoms with E-state index in [1.165, 1.54) is 0 Å². The molecule has 1 atom stereocenters. The summed E-state index contributed by atoms with van der Waals surface area (Å²) in [5.74, 6) is -1.54. The SMILES string of the molecule is Cc1cc(Br)ccc1C(=O)N[C@H](C(=O)O)C(C)C. The Kier molecular flexibility index (Phi) is 4.90. The first-order valence-corrected chi connectivity index (χ1v) is 6.42. The maximum Gasteiger partial charge on any atom is 0.326 e. The van der Waals surface area contributed by atoms with Gasteiger partial charge in [0.1, 0.15) is 6.04 Å². The van der Waals surface area contributed by atoms with Crippen LogP contribution in [0.25, 0.3) is 0 Å². The van der Waals surface area contributed by atoms with E-state index in [2.05, 4.69) is 21.2 Å². The molecule has 0 aromatic heterocycles. The van der Waals surface area contributed by atoms with E-state index >= 15 is 0 Å². The van der Waals surface area contributed by atoms with Gasteiger partial charge in [-0.15, -0.1) is 0 Å². The highest BCUT2D eigenvalue weighted by Gasteiger charge is 2.24. The molecule has 0 fully saturated rings. The van der Waals surface area contributed by atoms with Gasteiger partial charge in [0.15, 0.2) is 0 Å². The van der Waals surface area contributed by atoms with Gasteiger partial charge in [0.25, 0.3) is 5.91 Å². The molecule has 1 aromatic carbocycles. The Labute approximate surface area is 115 Å². The van der Waals surface area contributed by atoms with E-state index < -0.39 is 12.0 Å². The summed E-state index contributed by atoms with van der Waals surface area (Å²) in [7, 11) is 0. The molecule has 0 aliphatic heterocycles. The average molecular weight is 314 g/mol. The smallest absolute Gasteiger partial charge is 0.326 e. The number of amides is 1. The summed E-state index contributed by atoms with van der Waals surface area (Å²) >= 11 is 3.32. The fourth-order valence-electron chi connectivity index (χ4n) is 1.61. The van der Waals surface area contributed by atoms with Gasteiger partial charge >= 0.3 is 5.97 Å². The molecule has 0 spiro atoms. The lowest BCUT2D eigenvalue weighted by Crippen LogP contribution is -2.44. The number of carboxylic acid groups (broad SMARTS) is 1. The fraction of sp³-hybridized carbons (Fsp3) is 0.385. The van der Waals surface area contributed by atoms with Crippen LogP contribution >= 0.6 is 15.9 Å². The molecule has 0 saturated heterocycles. The van der Waals surface area contributed by atoms with E-state index in [-0.39, 0.29) is 11.8 Å². The lowest BCUT2D eigenvalue weighted by atomic mass is 10.0. The summed E-state index contributed by atoms with van der Waals surface area (Å²) < 4.78 is 0.884. The molecule has 1 rings (SSSR count). The van der Waals surface area contributed by atoms with Crippen molar-refractivity contribution in [3.8, 4) is 0 Å². The zero-order valence-electron chi connectivity index (χ0n) is 10.5. The molecule has 0 radical (unpaired) electrons. The van der Waals surface area contributed by atoms with Crippen LogP contribution in [0.4, 0.5) is 0 Å². The first-order chi connectivity index (χ1) is 8.32. The minimum absolute atomic E-state index is 0.165. The number of hydrogen-bond donors (Lipinski definition) is 2. The Balaban J connectivity index is 2.91. The summed E-state index contributed by atoms with van der Waals surface area (Å²) in [4.78, 5) is 23.0. The van der Waals surface area contributed by atoms with Crippen LogP contribution < -0.4 is 5.32 Å². The third-order valence-electron chi connectivity index (χ3n) is 2.65. The highest BCUT2D eigenvalue weighted by Crippen LogP contribution is 2.16. The van der Waals surface area contributed by atoms with Gasteiger partial charge < -0.3 is 10.4 Å². The molecule has 0 unspecified atom stereocenters. The molecule has 1 aromatic rings. The molecule has 0 aliphatic carbocycles. The predicted molar refractivity (Wildman–Crippen MR) is 72.6 cm³/mol. The van der Waals surface area contributed by atoms with Crippen molar-refractivity contribution in [3.63, 3.8) is 0 Å². The number of rotatable bonds is 4. The van der Waals surface area contributed by atoms with Crippen LogP contribution in [0, 0.1) is 12.8 Å². The van der Waals surface area contributed by atoms with Crippen LogP contribution in [0.5, 0.6) is 0 Å². The van der Waals surface area contributed by atoms with Gasteiger partial charge in [0.2, 0.25) is 0 Å². The molecule has 0 bridgehead atoms. The van der Waals surface area contributed by atoms with Gasteiger partial charge in [-0.3, -0.25) is 4.79 Å². The van der Waals surface area contributed by atoms with Crippen LogP contribution in [-0.4, -0.2) is 23.0 Å².